The number of amides is 1. The van der Waals surface area contributed by atoms with Crippen LogP contribution in [0.15, 0.2) is 42.5 Å². The first kappa shape index (κ1) is 15.2. The van der Waals surface area contributed by atoms with Gasteiger partial charge < -0.3 is 9.67 Å². The van der Waals surface area contributed by atoms with Crippen molar-refractivity contribution in [3.05, 3.63) is 59.5 Å². The van der Waals surface area contributed by atoms with E-state index < -0.39 is 6.09 Å². The van der Waals surface area contributed by atoms with Crippen LogP contribution in [0.2, 0.25) is 0 Å². The van der Waals surface area contributed by atoms with Crippen molar-refractivity contribution in [1.82, 2.24) is 19.2 Å². The van der Waals surface area contributed by atoms with Crippen LogP contribution in [0.25, 0.3) is 16.7 Å². The molecule has 0 aliphatic rings. The minimum absolute atomic E-state index is 0.424. The van der Waals surface area contributed by atoms with Crippen LogP contribution in [0.4, 0.5) is 10.5 Å². The maximum atomic E-state index is 11.2. The molecule has 1 aromatic carbocycles. The van der Waals surface area contributed by atoms with E-state index in [9.17, 15) is 4.79 Å². The fourth-order valence-corrected chi connectivity index (χ4v) is 3.22. The zero-order chi connectivity index (χ0) is 17.6. The van der Waals surface area contributed by atoms with Gasteiger partial charge in [-0.05, 0) is 31.5 Å². The van der Waals surface area contributed by atoms with E-state index in [1.165, 1.54) is 5.56 Å². The van der Waals surface area contributed by atoms with Crippen LogP contribution in [-0.2, 0) is 6.54 Å². The highest BCUT2D eigenvalue weighted by Crippen LogP contribution is 2.28. The van der Waals surface area contributed by atoms with Crippen molar-refractivity contribution in [3.8, 4) is 0 Å². The molecule has 0 unspecified atom stereocenters. The number of anilines is 1. The van der Waals surface area contributed by atoms with Crippen LogP contribution in [-0.4, -0.2) is 30.4 Å². The molecule has 0 aliphatic carbocycles. The molecule has 0 saturated carbocycles. The highest BCUT2D eigenvalue weighted by molar-refractivity contribution is 5.94. The summed E-state index contributed by atoms with van der Waals surface area (Å²) in [6, 6.07) is 14.1. The van der Waals surface area contributed by atoms with Crippen LogP contribution < -0.4 is 5.32 Å². The third-order valence-corrected chi connectivity index (χ3v) is 4.34. The van der Waals surface area contributed by atoms with Crippen molar-refractivity contribution >= 4 is 28.5 Å². The van der Waals surface area contributed by atoms with Gasteiger partial charge in [0.1, 0.15) is 5.82 Å². The molecule has 25 heavy (non-hydrogen) atoms. The first-order valence-corrected chi connectivity index (χ1v) is 7.93. The fraction of sp³-hybridized carbons (Fsp3) is 0.167. The van der Waals surface area contributed by atoms with Crippen molar-refractivity contribution in [3.63, 3.8) is 0 Å². The summed E-state index contributed by atoms with van der Waals surface area (Å²) < 4.78 is 4.05. The number of carbonyl (C=O) groups is 1. The van der Waals surface area contributed by atoms with E-state index in [2.05, 4.69) is 38.3 Å². The van der Waals surface area contributed by atoms with Gasteiger partial charge in [0.15, 0.2) is 5.65 Å². The van der Waals surface area contributed by atoms with E-state index in [1.54, 1.807) is 0 Å². The Morgan fingerprint density at radius 2 is 1.88 bits per heavy atom. The second kappa shape index (κ2) is 5.62. The Bertz CT molecular complexity index is 1100. The molecule has 0 bridgehead atoms. The molecule has 3 heterocycles. The highest BCUT2D eigenvalue weighted by atomic mass is 16.4. The lowest BCUT2D eigenvalue weighted by Crippen LogP contribution is -2.10. The van der Waals surface area contributed by atoms with Gasteiger partial charge >= 0.3 is 6.09 Å². The Morgan fingerprint density at radius 1 is 1.12 bits per heavy atom. The van der Waals surface area contributed by atoms with Crippen LogP contribution in [0.3, 0.4) is 0 Å². The minimum atomic E-state index is -1.13. The Balaban J connectivity index is 1.98. The zero-order valence-electron chi connectivity index (χ0n) is 13.9. The quantitative estimate of drug-likeness (QED) is 0.601. The smallest absolute Gasteiger partial charge is 0.409 e. The summed E-state index contributed by atoms with van der Waals surface area (Å²) in [6.07, 6.45) is -1.13. The molecular formula is C18H17N5O2. The number of nitrogens with zero attached hydrogens (tertiary/aromatic N) is 4. The molecule has 0 aliphatic heterocycles. The third-order valence-electron chi connectivity index (χ3n) is 4.34. The average molecular weight is 335 g/mol. The Morgan fingerprint density at radius 3 is 2.60 bits per heavy atom. The van der Waals surface area contributed by atoms with Crippen LogP contribution in [0.5, 0.6) is 0 Å². The molecule has 126 valence electrons. The number of rotatable bonds is 3. The van der Waals surface area contributed by atoms with Gasteiger partial charge in [-0.3, -0.25) is 9.72 Å². The molecule has 4 aromatic rings. The van der Waals surface area contributed by atoms with Gasteiger partial charge in [0.05, 0.1) is 16.7 Å². The standard InChI is InChI=1S/C18H17N5O2/c1-11-8-16-15(22(11)10-13-6-4-3-5-7-13)9-14(19-18(24)25)17-21-20-12(2)23(16)17/h3-9,19H,10H2,1-2H3,(H,24,25). The van der Waals surface area contributed by atoms with Crippen molar-refractivity contribution < 1.29 is 9.90 Å². The topological polar surface area (TPSA) is 84.4 Å². The van der Waals surface area contributed by atoms with Gasteiger partial charge in [0.25, 0.3) is 0 Å². The molecule has 0 saturated heterocycles. The minimum Gasteiger partial charge on any atom is -0.465 e. The van der Waals surface area contributed by atoms with E-state index in [4.69, 9.17) is 5.11 Å². The van der Waals surface area contributed by atoms with Gasteiger partial charge in [-0.25, -0.2) is 4.79 Å². The van der Waals surface area contributed by atoms with Gasteiger partial charge in [-0.1, -0.05) is 30.3 Å². The van der Waals surface area contributed by atoms with E-state index in [1.807, 2.05) is 42.5 Å². The molecule has 7 nitrogen and oxygen atoms in total. The maximum Gasteiger partial charge on any atom is 0.409 e. The SMILES string of the molecule is Cc1cc2c(cc(NC(=O)O)c3nnc(C)n32)n1Cc1ccccc1. The van der Waals surface area contributed by atoms with Crippen molar-refractivity contribution in [2.24, 2.45) is 0 Å². The Kier molecular flexibility index (Phi) is 3.42. The highest BCUT2D eigenvalue weighted by Gasteiger charge is 2.17. The normalized spacial score (nSPS) is 11.3. The van der Waals surface area contributed by atoms with Gasteiger partial charge in [0.2, 0.25) is 0 Å². The number of fused-ring (bicyclic) bond motifs is 3. The largest absolute Gasteiger partial charge is 0.465 e. The van der Waals surface area contributed by atoms with Crippen molar-refractivity contribution in [1.29, 1.82) is 0 Å². The summed E-state index contributed by atoms with van der Waals surface area (Å²) in [5.74, 6) is 0.714. The van der Waals surface area contributed by atoms with E-state index in [0.717, 1.165) is 16.7 Å². The number of benzene rings is 1. The summed E-state index contributed by atoms with van der Waals surface area (Å²) in [4.78, 5) is 11.2. The van der Waals surface area contributed by atoms with Crippen LogP contribution in [0, 0.1) is 13.8 Å². The Hall–Kier alpha value is -3.35. The summed E-state index contributed by atoms with van der Waals surface area (Å²) >= 11 is 0. The number of nitrogens with one attached hydrogen (secondary N) is 1. The fourth-order valence-electron chi connectivity index (χ4n) is 3.22. The van der Waals surface area contributed by atoms with Crippen molar-refractivity contribution in [2.45, 2.75) is 20.4 Å². The molecular weight excluding hydrogens is 318 g/mol. The summed E-state index contributed by atoms with van der Waals surface area (Å²) in [7, 11) is 0. The molecule has 0 fully saturated rings. The van der Waals surface area contributed by atoms with Gasteiger partial charge in [-0.2, -0.15) is 0 Å². The van der Waals surface area contributed by atoms with Gasteiger partial charge in [-0.15, -0.1) is 10.2 Å². The number of hydrogen-bond acceptors (Lipinski definition) is 3. The van der Waals surface area contributed by atoms with Crippen molar-refractivity contribution in [2.75, 3.05) is 5.32 Å². The molecule has 0 spiro atoms. The van der Waals surface area contributed by atoms with Gasteiger partial charge in [0, 0.05) is 12.2 Å². The maximum absolute atomic E-state index is 11.2. The summed E-state index contributed by atoms with van der Waals surface area (Å²) in [6.45, 7) is 4.60. The monoisotopic (exact) mass is 335 g/mol. The lowest BCUT2D eigenvalue weighted by molar-refractivity contribution is 0.210. The number of pyridine rings is 1. The van der Waals surface area contributed by atoms with E-state index in [-0.39, 0.29) is 0 Å². The molecule has 3 aromatic heterocycles. The second-order valence-electron chi connectivity index (χ2n) is 6.02. The second-order valence-corrected chi connectivity index (χ2v) is 6.02. The zero-order valence-corrected chi connectivity index (χ0v) is 13.9. The molecule has 7 heteroatoms. The number of aromatic nitrogens is 4. The Labute approximate surface area is 143 Å². The average Bonchev–Trinajstić information content (AvgIpc) is 3.10. The molecule has 0 atom stereocenters. The molecule has 4 rings (SSSR count). The third kappa shape index (κ3) is 2.50. The lowest BCUT2D eigenvalue weighted by atomic mass is 10.2. The predicted molar refractivity (Wildman–Crippen MR) is 95.1 cm³/mol. The van der Waals surface area contributed by atoms with E-state index >= 15 is 0 Å². The van der Waals surface area contributed by atoms with Crippen LogP contribution in [0.1, 0.15) is 17.1 Å². The predicted octanol–water partition coefficient (Wildman–Crippen LogP) is 3.44. The molecule has 1 amide bonds. The van der Waals surface area contributed by atoms with Crippen LogP contribution >= 0.6 is 0 Å². The first-order chi connectivity index (χ1) is 12.0. The number of aryl methyl sites for hydroxylation is 2. The summed E-state index contributed by atoms with van der Waals surface area (Å²) in [5, 5.41) is 19.8. The number of carboxylic acid groups (broad SMARTS) is 1. The van der Waals surface area contributed by atoms with E-state index in [0.29, 0.717) is 23.7 Å². The number of hydrogen-bond donors (Lipinski definition) is 2. The molecule has 2 N–H and O–H groups in total. The lowest BCUT2D eigenvalue weighted by Gasteiger charge is -2.11. The molecule has 0 radical (unpaired) electrons. The summed E-state index contributed by atoms with van der Waals surface area (Å²) in [5.41, 5.74) is 5.08. The first-order valence-electron chi connectivity index (χ1n) is 7.93.